The monoisotopic (exact) mass is 377 g/mol. The average molecular weight is 377 g/mol. The molecule has 2 aliphatic heterocycles. The number of anilines is 1. The van der Waals surface area contributed by atoms with Crippen molar-refractivity contribution in [2.24, 2.45) is 0 Å². The van der Waals surface area contributed by atoms with Gasteiger partial charge >= 0.3 is 0 Å². The first kappa shape index (κ1) is 18.7. The first-order valence-corrected chi connectivity index (χ1v) is 10.0. The molecule has 0 N–H and O–H groups in total. The zero-order valence-corrected chi connectivity index (χ0v) is 16.6. The normalized spacial score (nSPS) is 17.1. The van der Waals surface area contributed by atoms with Crippen molar-refractivity contribution in [3.8, 4) is 11.1 Å². The average Bonchev–Trinajstić information content (AvgIpc) is 2.97. The summed E-state index contributed by atoms with van der Waals surface area (Å²) in [5, 5.41) is 0. The van der Waals surface area contributed by atoms with Gasteiger partial charge in [0.15, 0.2) is 0 Å². The third kappa shape index (κ3) is 3.54. The molecule has 4 rings (SSSR count). The van der Waals surface area contributed by atoms with Crippen LogP contribution in [-0.2, 0) is 0 Å². The van der Waals surface area contributed by atoms with Gasteiger partial charge in [0.25, 0.3) is 11.8 Å². The molecule has 2 aromatic rings. The number of hydrogen-bond acceptors (Lipinski definition) is 4. The Hall–Kier alpha value is -2.66. The Morgan fingerprint density at radius 1 is 0.786 bits per heavy atom. The third-order valence-corrected chi connectivity index (χ3v) is 5.78. The molecule has 2 amide bonds. The van der Waals surface area contributed by atoms with E-state index in [1.165, 1.54) is 24.2 Å². The van der Waals surface area contributed by atoms with Crippen LogP contribution in [0.15, 0.2) is 42.5 Å². The summed E-state index contributed by atoms with van der Waals surface area (Å²) in [5.41, 5.74) is 4.18. The molecule has 28 heavy (non-hydrogen) atoms. The highest BCUT2D eigenvalue weighted by Gasteiger charge is 2.35. The lowest BCUT2D eigenvalue weighted by Crippen LogP contribution is -2.40. The van der Waals surface area contributed by atoms with E-state index in [0.717, 1.165) is 36.4 Å². The predicted molar refractivity (Wildman–Crippen MR) is 112 cm³/mol. The van der Waals surface area contributed by atoms with Gasteiger partial charge in [0, 0.05) is 32.9 Å². The lowest BCUT2D eigenvalue weighted by molar-refractivity contribution is 0.0631. The third-order valence-electron chi connectivity index (χ3n) is 5.78. The second-order valence-corrected chi connectivity index (χ2v) is 7.87. The fourth-order valence-corrected chi connectivity index (χ4v) is 4.05. The number of likely N-dealkylation sites (tertiary alicyclic amines) is 1. The van der Waals surface area contributed by atoms with Gasteiger partial charge in [-0.15, -0.1) is 0 Å². The maximum Gasteiger partial charge on any atom is 0.261 e. The number of piperidine rings is 1. The number of fused-ring (bicyclic) bond motifs is 1. The molecule has 0 radical (unpaired) electrons. The fourth-order valence-electron chi connectivity index (χ4n) is 4.05. The summed E-state index contributed by atoms with van der Waals surface area (Å²) in [7, 11) is 4.01. The van der Waals surface area contributed by atoms with Crippen LogP contribution < -0.4 is 4.90 Å². The number of nitrogens with zero attached hydrogens (tertiary/aromatic N) is 3. The number of imide groups is 1. The Kier molecular flexibility index (Phi) is 5.18. The molecule has 0 aromatic heterocycles. The Morgan fingerprint density at radius 2 is 1.43 bits per heavy atom. The van der Waals surface area contributed by atoms with Crippen LogP contribution in [-0.4, -0.2) is 61.9 Å². The van der Waals surface area contributed by atoms with E-state index in [2.05, 4.69) is 21.9 Å². The van der Waals surface area contributed by atoms with Crippen LogP contribution in [0.5, 0.6) is 0 Å². The largest absolute Gasteiger partial charge is 0.378 e. The van der Waals surface area contributed by atoms with E-state index in [-0.39, 0.29) is 11.8 Å². The van der Waals surface area contributed by atoms with Crippen molar-refractivity contribution in [1.82, 2.24) is 9.80 Å². The van der Waals surface area contributed by atoms with E-state index in [4.69, 9.17) is 0 Å². The molecule has 1 saturated heterocycles. The molecular weight excluding hydrogens is 350 g/mol. The zero-order chi connectivity index (χ0) is 19.7. The summed E-state index contributed by atoms with van der Waals surface area (Å²) < 4.78 is 0. The standard InChI is InChI=1S/C23H27N3O2/c1-24(2)19-9-6-17(7-10-19)18-8-11-20-21(16-18)23(28)26(22(20)27)15-14-25-12-4-3-5-13-25/h6-11,16H,3-5,12-15H2,1-2H3. The van der Waals surface area contributed by atoms with Crippen molar-refractivity contribution in [2.75, 3.05) is 45.2 Å². The maximum absolute atomic E-state index is 12.9. The minimum atomic E-state index is -0.163. The summed E-state index contributed by atoms with van der Waals surface area (Å²) in [6.45, 7) is 3.37. The maximum atomic E-state index is 12.9. The Bertz CT molecular complexity index is 883. The van der Waals surface area contributed by atoms with Gasteiger partial charge in [-0.3, -0.25) is 14.5 Å². The first-order chi connectivity index (χ1) is 13.5. The predicted octanol–water partition coefficient (Wildman–Crippen LogP) is 3.50. The van der Waals surface area contributed by atoms with E-state index in [1.54, 1.807) is 6.07 Å². The van der Waals surface area contributed by atoms with Crippen molar-refractivity contribution < 1.29 is 9.59 Å². The lowest BCUT2D eigenvalue weighted by Gasteiger charge is -2.27. The summed E-state index contributed by atoms with van der Waals surface area (Å²) in [5.74, 6) is -0.324. The van der Waals surface area contributed by atoms with Gasteiger partial charge in [0.05, 0.1) is 11.1 Å². The van der Waals surface area contributed by atoms with Crippen molar-refractivity contribution in [1.29, 1.82) is 0 Å². The summed E-state index contributed by atoms with van der Waals surface area (Å²) in [6.07, 6.45) is 3.69. The van der Waals surface area contributed by atoms with Gasteiger partial charge in [-0.1, -0.05) is 24.6 Å². The number of carbonyl (C=O) groups excluding carboxylic acids is 2. The minimum absolute atomic E-state index is 0.161. The van der Waals surface area contributed by atoms with Gasteiger partial charge in [0.1, 0.15) is 0 Å². The molecule has 0 saturated carbocycles. The molecule has 0 aliphatic carbocycles. The zero-order valence-electron chi connectivity index (χ0n) is 16.6. The molecular formula is C23H27N3O2. The Labute approximate surface area is 166 Å². The van der Waals surface area contributed by atoms with E-state index in [0.29, 0.717) is 17.7 Å². The molecule has 0 unspecified atom stereocenters. The van der Waals surface area contributed by atoms with E-state index < -0.39 is 0 Å². The van der Waals surface area contributed by atoms with Crippen LogP contribution in [0.25, 0.3) is 11.1 Å². The van der Waals surface area contributed by atoms with E-state index in [1.807, 2.05) is 38.4 Å². The van der Waals surface area contributed by atoms with Crippen LogP contribution in [0.1, 0.15) is 40.0 Å². The van der Waals surface area contributed by atoms with Crippen molar-refractivity contribution in [3.05, 3.63) is 53.6 Å². The number of amides is 2. The second kappa shape index (κ2) is 7.76. The summed E-state index contributed by atoms with van der Waals surface area (Å²) in [6, 6.07) is 13.8. The Balaban J connectivity index is 1.51. The molecule has 2 aromatic carbocycles. The number of carbonyl (C=O) groups is 2. The van der Waals surface area contributed by atoms with Crippen molar-refractivity contribution >= 4 is 17.5 Å². The smallest absolute Gasteiger partial charge is 0.261 e. The highest BCUT2D eigenvalue weighted by molar-refractivity contribution is 6.21. The highest BCUT2D eigenvalue weighted by Crippen LogP contribution is 2.29. The Morgan fingerprint density at radius 3 is 2.11 bits per heavy atom. The van der Waals surface area contributed by atoms with Crippen LogP contribution >= 0.6 is 0 Å². The molecule has 0 spiro atoms. The number of rotatable bonds is 5. The van der Waals surface area contributed by atoms with E-state index >= 15 is 0 Å². The van der Waals surface area contributed by atoms with Gasteiger partial charge in [0.2, 0.25) is 0 Å². The van der Waals surface area contributed by atoms with Crippen molar-refractivity contribution in [2.45, 2.75) is 19.3 Å². The fraction of sp³-hybridized carbons (Fsp3) is 0.391. The van der Waals surface area contributed by atoms with Gasteiger partial charge in [-0.25, -0.2) is 0 Å². The molecule has 5 heteroatoms. The molecule has 5 nitrogen and oxygen atoms in total. The highest BCUT2D eigenvalue weighted by atomic mass is 16.2. The lowest BCUT2D eigenvalue weighted by atomic mass is 10.00. The van der Waals surface area contributed by atoms with Gasteiger partial charge in [-0.05, 0) is 61.3 Å². The molecule has 146 valence electrons. The van der Waals surface area contributed by atoms with Crippen LogP contribution in [0.2, 0.25) is 0 Å². The second-order valence-electron chi connectivity index (χ2n) is 7.87. The summed E-state index contributed by atoms with van der Waals surface area (Å²) >= 11 is 0. The van der Waals surface area contributed by atoms with Crippen molar-refractivity contribution in [3.63, 3.8) is 0 Å². The molecule has 2 heterocycles. The topological polar surface area (TPSA) is 43.9 Å². The summed E-state index contributed by atoms with van der Waals surface area (Å²) in [4.78, 5) is 31.4. The molecule has 0 atom stereocenters. The number of benzene rings is 2. The van der Waals surface area contributed by atoms with E-state index in [9.17, 15) is 9.59 Å². The van der Waals surface area contributed by atoms with Crippen LogP contribution in [0.3, 0.4) is 0 Å². The molecule has 2 aliphatic rings. The number of hydrogen-bond donors (Lipinski definition) is 0. The minimum Gasteiger partial charge on any atom is -0.378 e. The van der Waals surface area contributed by atoms with Gasteiger partial charge in [-0.2, -0.15) is 0 Å². The van der Waals surface area contributed by atoms with Crippen LogP contribution in [0, 0.1) is 0 Å². The molecule has 1 fully saturated rings. The quantitative estimate of drug-likeness (QED) is 0.748. The SMILES string of the molecule is CN(C)c1ccc(-c2ccc3c(c2)C(=O)N(CCN2CCCCC2)C3=O)cc1. The van der Waals surface area contributed by atoms with Crippen LogP contribution in [0.4, 0.5) is 5.69 Å². The first-order valence-electron chi connectivity index (χ1n) is 10.0. The van der Waals surface area contributed by atoms with Gasteiger partial charge < -0.3 is 9.80 Å². The molecule has 0 bridgehead atoms.